The first-order valence-corrected chi connectivity index (χ1v) is 6.28. The quantitative estimate of drug-likeness (QED) is 0.825. The third-order valence-corrected chi connectivity index (χ3v) is 3.33. The third kappa shape index (κ3) is 2.32. The Morgan fingerprint density at radius 2 is 1.79 bits per heavy atom. The van der Waals surface area contributed by atoms with E-state index in [1.54, 1.807) is 24.3 Å². The highest BCUT2D eigenvalue weighted by molar-refractivity contribution is 5.80. The molecular formula is C13H15N3O3. The Labute approximate surface area is 109 Å². The summed E-state index contributed by atoms with van der Waals surface area (Å²) in [6.45, 7) is 3.24. The van der Waals surface area contributed by atoms with Gasteiger partial charge in [0, 0.05) is 13.1 Å². The average molecular weight is 261 g/mol. The van der Waals surface area contributed by atoms with E-state index in [1.165, 1.54) is 4.68 Å². The van der Waals surface area contributed by atoms with Crippen molar-refractivity contribution in [3.05, 3.63) is 45.0 Å². The molecule has 100 valence electrons. The van der Waals surface area contributed by atoms with E-state index in [9.17, 15) is 9.59 Å². The Bertz CT molecular complexity index is 698. The summed E-state index contributed by atoms with van der Waals surface area (Å²) in [5.41, 5.74) is -0.398. The largest absolute Gasteiger partial charge is 0.379 e. The lowest BCUT2D eigenvalue weighted by Gasteiger charge is -2.26. The molecule has 0 saturated carbocycles. The predicted molar refractivity (Wildman–Crippen MR) is 71.2 cm³/mol. The number of morpholine rings is 1. The first-order valence-electron chi connectivity index (χ1n) is 6.28. The summed E-state index contributed by atoms with van der Waals surface area (Å²) in [4.78, 5) is 26.3. The molecule has 0 spiro atoms. The number of rotatable bonds is 2. The van der Waals surface area contributed by atoms with E-state index in [2.05, 4.69) is 10.00 Å². The fourth-order valence-corrected chi connectivity index (χ4v) is 2.29. The van der Waals surface area contributed by atoms with Crippen LogP contribution in [0.2, 0.25) is 0 Å². The molecule has 6 nitrogen and oxygen atoms in total. The molecule has 1 N–H and O–H groups in total. The molecule has 6 heteroatoms. The van der Waals surface area contributed by atoms with Gasteiger partial charge in [-0.25, -0.2) is 4.68 Å². The molecule has 0 atom stereocenters. The van der Waals surface area contributed by atoms with Gasteiger partial charge in [-0.3, -0.25) is 19.6 Å². The number of aromatic amines is 1. The van der Waals surface area contributed by atoms with Crippen LogP contribution >= 0.6 is 0 Å². The molecule has 1 aliphatic rings. The lowest BCUT2D eigenvalue weighted by atomic mass is 10.2. The van der Waals surface area contributed by atoms with Crippen molar-refractivity contribution in [2.24, 2.45) is 0 Å². The van der Waals surface area contributed by atoms with Gasteiger partial charge < -0.3 is 4.74 Å². The van der Waals surface area contributed by atoms with Crippen molar-refractivity contribution in [3.63, 3.8) is 0 Å². The van der Waals surface area contributed by atoms with Crippen molar-refractivity contribution in [2.75, 3.05) is 26.3 Å². The zero-order valence-electron chi connectivity index (χ0n) is 10.5. The lowest BCUT2D eigenvalue weighted by molar-refractivity contribution is 0.0204. The number of nitrogens with one attached hydrogen (secondary N) is 1. The van der Waals surface area contributed by atoms with Crippen molar-refractivity contribution < 1.29 is 4.74 Å². The zero-order valence-corrected chi connectivity index (χ0v) is 10.5. The van der Waals surface area contributed by atoms with Crippen molar-refractivity contribution >= 4 is 10.8 Å². The molecule has 0 aliphatic carbocycles. The van der Waals surface area contributed by atoms with E-state index in [0.717, 1.165) is 13.1 Å². The van der Waals surface area contributed by atoms with Gasteiger partial charge in [0.05, 0.1) is 30.7 Å². The van der Waals surface area contributed by atoms with E-state index < -0.39 is 0 Å². The maximum absolute atomic E-state index is 12.3. The number of hydrogen-bond donors (Lipinski definition) is 1. The summed E-state index contributed by atoms with van der Waals surface area (Å²) in [5.74, 6) is 0. The third-order valence-electron chi connectivity index (χ3n) is 3.33. The van der Waals surface area contributed by atoms with Crippen LogP contribution in [0.1, 0.15) is 0 Å². The van der Waals surface area contributed by atoms with E-state index >= 15 is 0 Å². The number of hydrogen-bond acceptors (Lipinski definition) is 4. The molecule has 1 fully saturated rings. The molecule has 1 aromatic heterocycles. The first kappa shape index (κ1) is 12.1. The zero-order chi connectivity index (χ0) is 13.2. The van der Waals surface area contributed by atoms with Crippen molar-refractivity contribution in [1.82, 2.24) is 14.7 Å². The fraction of sp³-hybridized carbons (Fsp3) is 0.385. The van der Waals surface area contributed by atoms with E-state index in [0.29, 0.717) is 30.7 Å². The highest BCUT2D eigenvalue weighted by Crippen LogP contribution is 2.03. The van der Waals surface area contributed by atoms with Gasteiger partial charge in [-0.2, -0.15) is 0 Å². The average Bonchev–Trinajstić information content (AvgIpc) is 2.46. The molecule has 1 saturated heterocycles. The van der Waals surface area contributed by atoms with Crippen LogP contribution in [0.4, 0.5) is 0 Å². The van der Waals surface area contributed by atoms with Crippen LogP contribution in [0.25, 0.3) is 10.8 Å². The van der Waals surface area contributed by atoms with E-state index in [-0.39, 0.29) is 11.1 Å². The number of benzene rings is 1. The van der Waals surface area contributed by atoms with Crippen molar-refractivity contribution in [2.45, 2.75) is 6.67 Å². The summed E-state index contributed by atoms with van der Waals surface area (Å²) in [6, 6.07) is 6.86. The normalized spacial score (nSPS) is 16.8. The molecule has 1 aliphatic heterocycles. The minimum Gasteiger partial charge on any atom is -0.379 e. The molecular weight excluding hydrogens is 246 g/mol. The van der Waals surface area contributed by atoms with Gasteiger partial charge in [-0.1, -0.05) is 12.1 Å². The number of H-pyrrole nitrogens is 1. The first-order chi connectivity index (χ1) is 9.25. The molecule has 3 rings (SSSR count). The molecule has 2 heterocycles. The van der Waals surface area contributed by atoms with Crippen LogP contribution in [0, 0.1) is 0 Å². The van der Waals surface area contributed by atoms with Crippen LogP contribution in [-0.4, -0.2) is 41.0 Å². The molecule has 0 radical (unpaired) electrons. The molecule has 0 bridgehead atoms. The molecule has 1 aromatic carbocycles. The Balaban J connectivity index is 2.02. The number of nitrogens with zero attached hydrogens (tertiary/aromatic N) is 2. The van der Waals surface area contributed by atoms with Gasteiger partial charge in [-0.15, -0.1) is 0 Å². The fourth-order valence-electron chi connectivity index (χ4n) is 2.29. The standard InChI is InChI=1S/C13H15N3O3/c17-12-10-3-1-2-4-11(10)13(18)16(14-12)9-15-5-7-19-8-6-15/h1-4H,5-9H2,(H,14,17). The summed E-state index contributed by atoms with van der Waals surface area (Å²) in [5, 5.41) is 3.53. The Morgan fingerprint density at radius 1 is 1.11 bits per heavy atom. The SMILES string of the molecule is O=c1[nH]n(CN2CCOCC2)c(=O)c2ccccc12. The van der Waals surface area contributed by atoms with Crippen LogP contribution < -0.4 is 11.1 Å². The Hall–Kier alpha value is -1.92. The van der Waals surface area contributed by atoms with Crippen molar-refractivity contribution in [3.8, 4) is 0 Å². The smallest absolute Gasteiger partial charge is 0.274 e. The maximum Gasteiger partial charge on any atom is 0.274 e. The minimum atomic E-state index is -0.233. The maximum atomic E-state index is 12.3. The van der Waals surface area contributed by atoms with Gasteiger partial charge in [0.15, 0.2) is 0 Å². The number of aromatic nitrogens is 2. The van der Waals surface area contributed by atoms with Crippen LogP contribution in [0.15, 0.2) is 33.9 Å². The summed E-state index contributed by atoms with van der Waals surface area (Å²) >= 11 is 0. The van der Waals surface area contributed by atoms with Gasteiger partial charge in [-0.05, 0) is 12.1 Å². The number of ether oxygens (including phenoxy) is 1. The van der Waals surface area contributed by atoms with Gasteiger partial charge >= 0.3 is 0 Å². The number of fused-ring (bicyclic) bond motifs is 1. The highest BCUT2D eigenvalue weighted by atomic mass is 16.5. The second-order valence-corrected chi connectivity index (χ2v) is 4.59. The molecule has 19 heavy (non-hydrogen) atoms. The van der Waals surface area contributed by atoms with Gasteiger partial charge in [0.2, 0.25) is 0 Å². The van der Waals surface area contributed by atoms with E-state index in [4.69, 9.17) is 4.74 Å². The van der Waals surface area contributed by atoms with E-state index in [1.807, 2.05) is 0 Å². The van der Waals surface area contributed by atoms with Gasteiger partial charge in [0.1, 0.15) is 0 Å². The molecule has 0 amide bonds. The summed E-state index contributed by atoms with van der Waals surface area (Å²) in [6.07, 6.45) is 0. The minimum absolute atomic E-state index is 0.165. The molecule has 0 unspecified atom stereocenters. The van der Waals surface area contributed by atoms with Crippen LogP contribution in [-0.2, 0) is 11.4 Å². The summed E-state index contributed by atoms with van der Waals surface area (Å²) < 4.78 is 6.63. The van der Waals surface area contributed by atoms with Crippen molar-refractivity contribution in [1.29, 1.82) is 0 Å². The summed E-state index contributed by atoms with van der Waals surface area (Å²) in [7, 11) is 0. The second kappa shape index (κ2) is 4.99. The monoisotopic (exact) mass is 261 g/mol. The van der Waals surface area contributed by atoms with Gasteiger partial charge in [0.25, 0.3) is 11.1 Å². The lowest BCUT2D eigenvalue weighted by Crippen LogP contribution is -2.42. The van der Waals surface area contributed by atoms with Crippen LogP contribution in [0.5, 0.6) is 0 Å². The predicted octanol–water partition coefficient (Wildman–Crippen LogP) is -0.0205. The van der Waals surface area contributed by atoms with Crippen LogP contribution in [0.3, 0.4) is 0 Å². The topological polar surface area (TPSA) is 67.3 Å². The Kier molecular flexibility index (Phi) is 3.18. The highest BCUT2D eigenvalue weighted by Gasteiger charge is 2.13. The second-order valence-electron chi connectivity index (χ2n) is 4.59. The molecule has 2 aromatic rings. The Morgan fingerprint density at radius 3 is 2.53 bits per heavy atom.